The number of halogens is 2. The Labute approximate surface area is 233 Å². The van der Waals surface area contributed by atoms with Crippen molar-refractivity contribution >= 4 is 35.5 Å². The van der Waals surface area contributed by atoms with Gasteiger partial charge in [-0.1, -0.05) is 0 Å². The van der Waals surface area contributed by atoms with Crippen LogP contribution in [0.1, 0.15) is 119 Å². The topological polar surface area (TPSA) is 0 Å². The summed E-state index contributed by atoms with van der Waals surface area (Å²) in [5, 5.41) is 0. The van der Waals surface area contributed by atoms with Crippen molar-refractivity contribution in [3.8, 4) is 0 Å². The fraction of sp³-hybridized carbons (Fsp3) is 0.515. The van der Waals surface area contributed by atoms with E-state index < -0.39 is 14.8 Å². The first kappa shape index (κ1) is 26.8. The van der Waals surface area contributed by atoms with Crippen molar-refractivity contribution in [2.45, 2.75) is 92.0 Å². The second-order valence-corrected chi connectivity index (χ2v) is 62.8. The van der Waals surface area contributed by atoms with Crippen LogP contribution in [0.3, 0.4) is 0 Å². The van der Waals surface area contributed by atoms with E-state index in [0.29, 0.717) is 11.8 Å². The van der Waals surface area contributed by atoms with Gasteiger partial charge < -0.3 is 0 Å². The summed E-state index contributed by atoms with van der Waals surface area (Å²) >= 11 is -4.76. The van der Waals surface area contributed by atoms with Crippen molar-refractivity contribution < 1.29 is 14.8 Å². The maximum atomic E-state index is 8.55. The minimum atomic E-state index is -4.76. The van der Waals surface area contributed by atoms with E-state index in [-0.39, 0.29) is 13.6 Å². The fourth-order valence-corrected chi connectivity index (χ4v) is 57.2. The van der Waals surface area contributed by atoms with Gasteiger partial charge in [0, 0.05) is 0 Å². The van der Waals surface area contributed by atoms with Crippen LogP contribution >= 0.6 is 17.2 Å². The molecule has 2 aromatic carbocycles. The zero-order valence-electron chi connectivity index (χ0n) is 23.2. The second-order valence-electron chi connectivity index (χ2n) is 12.9. The van der Waals surface area contributed by atoms with Crippen molar-refractivity contribution in [3.63, 3.8) is 0 Å². The summed E-state index contributed by atoms with van der Waals surface area (Å²) in [6, 6.07) is 15.4. The molecule has 0 aromatic heterocycles. The van der Waals surface area contributed by atoms with Crippen LogP contribution in [0.4, 0.5) is 0 Å². The Bertz CT molecular complexity index is 1290. The van der Waals surface area contributed by atoms with Gasteiger partial charge >= 0.3 is 235 Å². The molecule has 0 heterocycles. The quantitative estimate of drug-likeness (QED) is 0.239. The van der Waals surface area contributed by atoms with E-state index in [0.717, 1.165) is 11.8 Å². The number of allylic oxidation sites excluding steroid dienone is 2. The van der Waals surface area contributed by atoms with Gasteiger partial charge in [-0.2, -0.15) is 0 Å². The minimum absolute atomic E-state index is 0.0177. The van der Waals surface area contributed by atoms with Crippen LogP contribution < -0.4 is 0 Å². The molecular formula is C33H42Cl2HfSi. The molecule has 2 atom stereocenters. The predicted molar refractivity (Wildman–Crippen MR) is 162 cm³/mol. The van der Waals surface area contributed by atoms with Crippen LogP contribution in [0.5, 0.6) is 0 Å². The molecule has 196 valence electrons. The average Bonchev–Trinajstić information content (AvgIpc) is 3.79. The monoisotopic (exact) mass is 716 g/mol. The fourth-order valence-electron chi connectivity index (χ4n) is 7.45. The molecule has 0 radical (unpaired) electrons. The van der Waals surface area contributed by atoms with Crippen LogP contribution in [0.25, 0.3) is 12.2 Å². The number of rotatable bonds is 8. The summed E-state index contributed by atoms with van der Waals surface area (Å²) in [7, 11) is 17.1. The van der Waals surface area contributed by atoms with Crippen molar-refractivity contribution in [3.05, 3.63) is 80.9 Å². The maximum absolute atomic E-state index is 8.55. The van der Waals surface area contributed by atoms with Gasteiger partial charge in [0.2, 0.25) is 0 Å². The summed E-state index contributed by atoms with van der Waals surface area (Å²) in [5.74, 6) is 2.36. The number of hydrogen-bond acceptors (Lipinski definition) is 0. The Morgan fingerprint density at radius 1 is 0.730 bits per heavy atom. The van der Waals surface area contributed by atoms with Gasteiger partial charge in [0.15, 0.2) is 0 Å². The molecule has 0 saturated heterocycles. The van der Waals surface area contributed by atoms with Gasteiger partial charge in [-0.25, -0.2) is 0 Å². The van der Waals surface area contributed by atoms with Gasteiger partial charge in [-0.05, 0) is 0 Å². The van der Waals surface area contributed by atoms with E-state index >= 15 is 0 Å². The summed E-state index contributed by atoms with van der Waals surface area (Å²) < 4.78 is 0.469. The van der Waals surface area contributed by atoms with Crippen LogP contribution in [0.2, 0.25) is 6.04 Å². The van der Waals surface area contributed by atoms with Gasteiger partial charge in [-0.15, -0.1) is 0 Å². The third-order valence-corrected chi connectivity index (χ3v) is 55.5. The van der Waals surface area contributed by atoms with E-state index in [1.165, 1.54) is 71.5 Å². The molecule has 0 aliphatic heterocycles. The van der Waals surface area contributed by atoms with Crippen LogP contribution in [-0.4, -0.2) is 6.22 Å². The molecule has 6 rings (SSSR count). The zero-order valence-corrected chi connectivity index (χ0v) is 29.4. The molecule has 4 heteroatoms. The molecule has 0 amide bonds. The van der Waals surface area contributed by atoms with E-state index in [1.807, 2.05) is 0 Å². The van der Waals surface area contributed by atoms with Crippen molar-refractivity contribution in [2.75, 3.05) is 0 Å². The molecule has 4 aliphatic rings. The predicted octanol–water partition coefficient (Wildman–Crippen LogP) is 10.5. The van der Waals surface area contributed by atoms with E-state index in [4.69, 9.17) is 17.2 Å². The Balaban J connectivity index is 1.63. The second kappa shape index (κ2) is 9.60. The first-order valence-electron chi connectivity index (χ1n) is 14.8. The molecule has 0 nitrogen and oxygen atoms in total. The number of fused-ring (bicyclic) bond motifs is 2. The van der Waals surface area contributed by atoms with Crippen molar-refractivity contribution in [1.29, 1.82) is 0 Å². The van der Waals surface area contributed by atoms with Crippen molar-refractivity contribution in [1.82, 2.24) is 0 Å². The summed E-state index contributed by atoms with van der Waals surface area (Å²) in [6.45, 7) is 11.8. The molecule has 37 heavy (non-hydrogen) atoms. The molecule has 2 aromatic rings. The van der Waals surface area contributed by atoms with Gasteiger partial charge in [0.1, 0.15) is 0 Å². The van der Waals surface area contributed by atoms with Gasteiger partial charge in [0.25, 0.3) is 0 Å². The SMILES string of the molecule is CCC[SiH]=[Hf]([Cl])([Cl])([CH]1C(C(C)C)=Cc2c(C3CC3)cccc21)[CH]1C(C(C)C)=Cc2c(C3CC3)cccc21. The first-order valence-corrected chi connectivity index (χ1v) is 35.4. The molecule has 0 N–H and O–H groups in total. The molecule has 4 aliphatic carbocycles. The number of hydrogen-bond donors (Lipinski definition) is 0. The molecule has 2 unspecified atom stereocenters. The Morgan fingerprint density at radius 2 is 1.14 bits per heavy atom. The van der Waals surface area contributed by atoms with Gasteiger partial charge in [0.05, 0.1) is 0 Å². The molecule has 2 saturated carbocycles. The summed E-state index contributed by atoms with van der Waals surface area (Å²) in [5.41, 5.74) is 12.1. The Kier molecular flexibility index (Phi) is 6.95. The number of benzene rings is 2. The molecular weight excluding hydrogens is 674 g/mol. The normalized spacial score (nSPS) is 23.3. The molecule has 2 fully saturated rings. The van der Waals surface area contributed by atoms with Crippen LogP contribution in [0.15, 0.2) is 47.5 Å². The van der Waals surface area contributed by atoms with Crippen molar-refractivity contribution in [2.24, 2.45) is 11.8 Å². The molecule has 0 spiro atoms. The van der Waals surface area contributed by atoms with E-state index in [1.54, 1.807) is 11.1 Å². The van der Waals surface area contributed by atoms with Crippen LogP contribution in [-0.2, 0) is 14.8 Å². The van der Waals surface area contributed by atoms with Gasteiger partial charge in [-0.3, -0.25) is 0 Å². The standard InChI is InChI=1S/2C15H17.C3H8Si.2ClH.Hf/c2*1-10(2)13-8-12-4-3-5-14(11-6-7-11)15(12)9-13;1-2-3-4;;;/h2*3-5,8-11H,6-7H2,1-2H3;4H,2-3H2,1H3;2*1H;/q;;;;;+2/p-2. The Hall–Kier alpha value is -0.413. The Morgan fingerprint density at radius 3 is 1.49 bits per heavy atom. The van der Waals surface area contributed by atoms with E-state index in [2.05, 4.69) is 83.2 Å². The first-order chi connectivity index (χ1) is 17.6. The van der Waals surface area contributed by atoms with E-state index in [9.17, 15) is 0 Å². The van der Waals surface area contributed by atoms with Crippen LogP contribution in [0, 0.1) is 11.8 Å². The summed E-state index contributed by atoms with van der Waals surface area (Å²) in [4.78, 5) is 0. The summed E-state index contributed by atoms with van der Waals surface area (Å²) in [6.07, 6.45) is 11.6. The zero-order chi connectivity index (χ0) is 26.1. The third-order valence-electron chi connectivity index (χ3n) is 9.55. The average molecular weight is 716 g/mol. The molecule has 0 bridgehead atoms. The third kappa shape index (κ3) is 4.39.